The van der Waals surface area contributed by atoms with Gasteiger partial charge in [0.2, 0.25) is 0 Å². The van der Waals surface area contributed by atoms with Gasteiger partial charge in [-0.3, -0.25) is 0 Å². The van der Waals surface area contributed by atoms with E-state index in [0.717, 1.165) is 6.42 Å². The van der Waals surface area contributed by atoms with Crippen molar-refractivity contribution in [1.29, 1.82) is 0 Å². The van der Waals surface area contributed by atoms with Crippen molar-refractivity contribution in [1.82, 2.24) is 10.2 Å². The standard InChI is InChI=1S/C10H18N2O3S/c1-3-4-6-11-10(13)12(2)9-5-7-16(14,15)8-9/h4,6,9H,3,5,7-8H2,1-2H3,(H,11,13)/b6-4+. The number of hydrogen-bond donors (Lipinski definition) is 1. The van der Waals surface area contributed by atoms with E-state index in [9.17, 15) is 13.2 Å². The molecule has 1 aliphatic heterocycles. The molecule has 0 aromatic rings. The van der Waals surface area contributed by atoms with E-state index in [0.29, 0.717) is 6.42 Å². The van der Waals surface area contributed by atoms with Gasteiger partial charge in [-0.2, -0.15) is 0 Å². The van der Waals surface area contributed by atoms with E-state index < -0.39 is 9.84 Å². The van der Waals surface area contributed by atoms with Crippen LogP contribution in [0.2, 0.25) is 0 Å². The van der Waals surface area contributed by atoms with Crippen LogP contribution in [0.4, 0.5) is 4.79 Å². The summed E-state index contributed by atoms with van der Waals surface area (Å²) < 4.78 is 22.5. The third kappa shape index (κ3) is 3.52. The number of amides is 2. The van der Waals surface area contributed by atoms with Crippen LogP contribution in [0.25, 0.3) is 0 Å². The number of allylic oxidation sites excluding steroid dienone is 1. The summed E-state index contributed by atoms with van der Waals surface area (Å²) in [7, 11) is -1.31. The first-order valence-electron chi connectivity index (χ1n) is 5.35. The molecule has 1 N–H and O–H groups in total. The van der Waals surface area contributed by atoms with E-state index in [4.69, 9.17) is 0 Å². The fourth-order valence-corrected chi connectivity index (χ4v) is 3.37. The highest BCUT2D eigenvalue weighted by molar-refractivity contribution is 7.91. The second kappa shape index (κ2) is 5.34. The van der Waals surface area contributed by atoms with Crippen LogP contribution < -0.4 is 5.32 Å². The van der Waals surface area contributed by atoms with Crippen LogP contribution in [-0.4, -0.2) is 43.9 Å². The zero-order valence-electron chi connectivity index (χ0n) is 9.64. The number of nitrogens with zero attached hydrogens (tertiary/aromatic N) is 1. The average Bonchev–Trinajstić information content (AvgIpc) is 2.58. The Morgan fingerprint density at radius 2 is 2.25 bits per heavy atom. The molecular weight excluding hydrogens is 228 g/mol. The Morgan fingerprint density at radius 3 is 2.75 bits per heavy atom. The van der Waals surface area contributed by atoms with Gasteiger partial charge in [-0.15, -0.1) is 0 Å². The van der Waals surface area contributed by atoms with Crippen molar-refractivity contribution in [2.75, 3.05) is 18.6 Å². The molecular formula is C10H18N2O3S. The SMILES string of the molecule is CC/C=C/NC(=O)N(C)C1CCS(=O)(=O)C1. The summed E-state index contributed by atoms with van der Waals surface area (Å²) in [6, 6.07) is -0.452. The zero-order valence-corrected chi connectivity index (χ0v) is 10.5. The summed E-state index contributed by atoms with van der Waals surface area (Å²) in [5.41, 5.74) is 0. The fourth-order valence-electron chi connectivity index (χ4n) is 1.60. The van der Waals surface area contributed by atoms with Crippen LogP contribution in [0.1, 0.15) is 19.8 Å². The number of carbonyl (C=O) groups is 1. The Kier molecular flexibility index (Phi) is 4.35. The molecule has 1 aliphatic rings. The molecule has 1 unspecified atom stereocenters. The van der Waals surface area contributed by atoms with Gasteiger partial charge in [0.25, 0.3) is 0 Å². The lowest BCUT2D eigenvalue weighted by Crippen LogP contribution is -2.42. The summed E-state index contributed by atoms with van der Waals surface area (Å²) in [6.07, 6.45) is 4.80. The second-order valence-electron chi connectivity index (χ2n) is 3.93. The maximum atomic E-state index is 11.6. The number of rotatable bonds is 3. The molecule has 0 saturated carbocycles. The maximum absolute atomic E-state index is 11.6. The molecule has 2 amide bonds. The molecule has 1 fully saturated rings. The molecule has 92 valence electrons. The second-order valence-corrected chi connectivity index (χ2v) is 6.16. The lowest BCUT2D eigenvalue weighted by atomic mass is 10.2. The normalized spacial score (nSPS) is 23.5. The van der Waals surface area contributed by atoms with Gasteiger partial charge < -0.3 is 10.2 Å². The first-order valence-corrected chi connectivity index (χ1v) is 7.17. The Bertz CT molecular complexity index is 376. The Labute approximate surface area is 96.4 Å². The van der Waals surface area contributed by atoms with Gasteiger partial charge in [0.05, 0.1) is 11.5 Å². The van der Waals surface area contributed by atoms with Gasteiger partial charge in [-0.1, -0.05) is 13.0 Å². The predicted octanol–water partition coefficient (Wildman–Crippen LogP) is 0.739. The minimum atomic E-state index is -2.94. The third-order valence-corrected chi connectivity index (χ3v) is 4.39. The maximum Gasteiger partial charge on any atom is 0.321 e. The minimum absolute atomic E-state index is 0.0778. The highest BCUT2D eigenvalue weighted by atomic mass is 32.2. The van der Waals surface area contributed by atoms with Crippen LogP contribution in [0.3, 0.4) is 0 Å². The van der Waals surface area contributed by atoms with Crippen molar-refractivity contribution >= 4 is 15.9 Å². The number of hydrogen-bond acceptors (Lipinski definition) is 3. The molecule has 1 rings (SSSR count). The molecule has 1 heterocycles. The molecule has 1 saturated heterocycles. The van der Waals surface area contributed by atoms with E-state index in [1.807, 2.05) is 13.0 Å². The summed E-state index contributed by atoms with van der Waals surface area (Å²) >= 11 is 0. The van der Waals surface area contributed by atoms with Crippen molar-refractivity contribution in [3.63, 3.8) is 0 Å². The van der Waals surface area contributed by atoms with Gasteiger partial charge in [0.15, 0.2) is 9.84 Å². The van der Waals surface area contributed by atoms with Crippen LogP contribution >= 0.6 is 0 Å². The molecule has 16 heavy (non-hydrogen) atoms. The number of sulfone groups is 1. The van der Waals surface area contributed by atoms with Gasteiger partial charge in [0.1, 0.15) is 0 Å². The predicted molar refractivity (Wildman–Crippen MR) is 62.8 cm³/mol. The van der Waals surface area contributed by atoms with E-state index in [1.54, 1.807) is 13.2 Å². The summed E-state index contributed by atoms with van der Waals surface area (Å²) in [5, 5.41) is 2.60. The molecule has 0 aliphatic carbocycles. The molecule has 0 aromatic carbocycles. The molecule has 5 nitrogen and oxygen atoms in total. The summed E-state index contributed by atoms with van der Waals surface area (Å²) in [6.45, 7) is 1.97. The third-order valence-electron chi connectivity index (χ3n) is 2.64. The number of carbonyl (C=O) groups excluding carboxylic acids is 1. The van der Waals surface area contributed by atoms with E-state index >= 15 is 0 Å². The number of urea groups is 1. The Balaban J connectivity index is 2.49. The topological polar surface area (TPSA) is 66.5 Å². The number of nitrogens with one attached hydrogen (secondary N) is 1. The zero-order chi connectivity index (χ0) is 12.2. The van der Waals surface area contributed by atoms with Crippen molar-refractivity contribution in [2.45, 2.75) is 25.8 Å². The fraction of sp³-hybridized carbons (Fsp3) is 0.700. The van der Waals surface area contributed by atoms with Crippen molar-refractivity contribution in [3.8, 4) is 0 Å². The Hall–Kier alpha value is -1.04. The van der Waals surface area contributed by atoms with Gasteiger partial charge in [0, 0.05) is 19.3 Å². The highest BCUT2D eigenvalue weighted by Crippen LogP contribution is 2.16. The summed E-state index contributed by atoms with van der Waals surface area (Å²) in [5.74, 6) is 0.258. The quantitative estimate of drug-likeness (QED) is 0.798. The lowest BCUT2D eigenvalue weighted by molar-refractivity contribution is 0.199. The van der Waals surface area contributed by atoms with E-state index in [-0.39, 0.29) is 23.6 Å². The first-order chi connectivity index (χ1) is 7.46. The minimum Gasteiger partial charge on any atom is -0.324 e. The monoisotopic (exact) mass is 246 g/mol. The average molecular weight is 246 g/mol. The molecule has 0 bridgehead atoms. The van der Waals surface area contributed by atoms with Crippen LogP contribution in [0.15, 0.2) is 12.3 Å². The molecule has 0 aromatic heterocycles. The van der Waals surface area contributed by atoms with Gasteiger partial charge >= 0.3 is 6.03 Å². The van der Waals surface area contributed by atoms with E-state index in [2.05, 4.69) is 5.32 Å². The molecule has 1 atom stereocenters. The lowest BCUT2D eigenvalue weighted by Gasteiger charge is -2.22. The molecule has 0 spiro atoms. The molecule has 6 heteroatoms. The molecule has 0 radical (unpaired) electrons. The smallest absolute Gasteiger partial charge is 0.321 e. The van der Waals surface area contributed by atoms with Crippen LogP contribution in [-0.2, 0) is 9.84 Å². The van der Waals surface area contributed by atoms with Crippen molar-refractivity contribution in [2.24, 2.45) is 0 Å². The summed E-state index contributed by atoms with van der Waals surface area (Å²) in [4.78, 5) is 13.0. The van der Waals surface area contributed by atoms with E-state index in [1.165, 1.54) is 4.90 Å². The van der Waals surface area contributed by atoms with Crippen LogP contribution in [0, 0.1) is 0 Å². The first kappa shape index (κ1) is 13.0. The van der Waals surface area contributed by atoms with Gasteiger partial charge in [-0.05, 0) is 12.8 Å². The van der Waals surface area contributed by atoms with Crippen LogP contribution in [0.5, 0.6) is 0 Å². The Morgan fingerprint density at radius 1 is 1.56 bits per heavy atom. The van der Waals surface area contributed by atoms with Crippen molar-refractivity contribution < 1.29 is 13.2 Å². The largest absolute Gasteiger partial charge is 0.324 e. The van der Waals surface area contributed by atoms with Gasteiger partial charge in [-0.25, -0.2) is 13.2 Å². The van der Waals surface area contributed by atoms with Crippen molar-refractivity contribution in [3.05, 3.63) is 12.3 Å². The highest BCUT2D eigenvalue weighted by Gasteiger charge is 2.32.